The first-order chi connectivity index (χ1) is 15.6. The molecule has 8 heteroatoms. The molecule has 0 spiro atoms. The van der Waals surface area contributed by atoms with Crippen LogP contribution in [0.4, 0.5) is 8.78 Å². The molecule has 0 aliphatic rings. The summed E-state index contributed by atoms with van der Waals surface area (Å²) in [6.07, 6.45) is 2.61. The zero-order valence-corrected chi connectivity index (χ0v) is 20.3. The second kappa shape index (κ2) is 10.3. The minimum absolute atomic E-state index is 0.0866. The summed E-state index contributed by atoms with van der Waals surface area (Å²) < 4.78 is 35.9. The van der Waals surface area contributed by atoms with Crippen molar-refractivity contribution in [2.24, 2.45) is 0 Å². The van der Waals surface area contributed by atoms with Gasteiger partial charge in [-0.15, -0.1) is 0 Å². The number of hydrogen-bond acceptors (Lipinski definition) is 4. The molecule has 0 unspecified atom stereocenters. The highest BCUT2D eigenvalue weighted by molar-refractivity contribution is 6.76. The average molecular weight is 471 g/mol. The van der Waals surface area contributed by atoms with Gasteiger partial charge in [0.15, 0.2) is 12.6 Å². The molecule has 0 atom stereocenters. The number of imidazole rings is 1. The Morgan fingerprint density at radius 1 is 1.00 bits per heavy atom. The fraction of sp³-hybridized carbons (Fsp3) is 0.320. The predicted octanol–water partition coefficient (Wildman–Crippen LogP) is 5.59. The molecule has 2 aromatic carbocycles. The molecule has 0 aliphatic carbocycles. The van der Waals surface area contributed by atoms with Crippen LogP contribution in [0.2, 0.25) is 25.7 Å². The molecule has 174 valence electrons. The van der Waals surface area contributed by atoms with E-state index in [1.165, 1.54) is 24.3 Å². The third-order valence-corrected chi connectivity index (χ3v) is 7.23. The van der Waals surface area contributed by atoms with E-state index in [4.69, 9.17) is 4.74 Å². The lowest BCUT2D eigenvalue weighted by molar-refractivity contribution is 0.0836. The van der Waals surface area contributed by atoms with E-state index in [0.717, 1.165) is 11.7 Å². The largest absolute Gasteiger partial charge is 0.361 e. The Bertz CT molecular complexity index is 1100. The average Bonchev–Trinajstić information content (AvgIpc) is 3.13. The summed E-state index contributed by atoms with van der Waals surface area (Å²) in [4.78, 5) is 27.3. The minimum atomic E-state index is -1.25. The van der Waals surface area contributed by atoms with E-state index in [0.29, 0.717) is 36.1 Å². The second-order valence-corrected chi connectivity index (χ2v) is 14.9. The van der Waals surface area contributed by atoms with Crippen molar-refractivity contribution in [2.75, 3.05) is 6.61 Å². The number of ether oxygens (including phenoxy) is 1. The fourth-order valence-corrected chi connectivity index (χ4v) is 4.32. The lowest BCUT2D eigenvalue weighted by Gasteiger charge is -2.22. The van der Waals surface area contributed by atoms with Crippen molar-refractivity contribution in [3.05, 3.63) is 88.0 Å². The van der Waals surface area contributed by atoms with Crippen LogP contribution in [0.1, 0.15) is 49.3 Å². The van der Waals surface area contributed by atoms with Crippen molar-refractivity contribution in [3.63, 3.8) is 0 Å². The maximum absolute atomic E-state index is 14.0. The Morgan fingerprint density at radius 2 is 1.55 bits per heavy atom. The van der Waals surface area contributed by atoms with Crippen molar-refractivity contribution in [2.45, 2.75) is 45.3 Å². The molecule has 3 aromatic rings. The second-order valence-electron chi connectivity index (χ2n) is 9.26. The zero-order chi connectivity index (χ0) is 24.2. The monoisotopic (exact) mass is 470 g/mol. The number of aromatic nitrogens is 2. The summed E-state index contributed by atoms with van der Waals surface area (Å²) in [6, 6.07) is 9.51. The molecule has 0 saturated carbocycles. The number of halogens is 2. The molecular weight excluding hydrogens is 442 g/mol. The first-order valence-corrected chi connectivity index (χ1v) is 14.4. The normalized spacial score (nSPS) is 11.7. The number of rotatable bonds is 10. The van der Waals surface area contributed by atoms with Crippen LogP contribution >= 0.6 is 0 Å². The number of aryl methyl sites for hydroxylation is 1. The summed E-state index contributed by atoms with van der Waals surface area (Å²) in [5.74, 6) is -1.24. The topological polar surface area (TPSA) is 61.2 Å². The van der Waals surface area contributed by atoms with Gasteiger partial charge in [-0.25, -0.2) is 13.8 Å². The van der Waals surface area contributed by atoms with Crippen molar-refractivity contribution in [1.82, 2.24) is 9.55 Å². The summed E-state index contributed by atoms with van der Waals surface area (Å²) in [5.41, 5.74) is 1.87. The molecule has 33 heavy (non-hydrogen) atoms. The molecule has 0 aliphatic heterocycles. The van der Waals surface area contributed by atoms with Gasteiger partial charge in [-0.05, 0) is 48.4 Å². The van der Waals surface area contributed by atoms with Gasteiger partial charge in [0.2, 0.25) is 0 Å². The van der Waals surface area contributed by atoms with E-state index < -0.39 is 25.6 Å². The SMILES string of the molecule is Cc1cnc(C(c2ccc(F)c(C=O)c2)c2ccc(F)c(C=O)c2)n1COCC[Si](C)(C)C. The maximum Gasteiger partial charge on any atom is 0.153 e. The Labute approximate surface area is 193 Å². The standard InChI is InChI=1S/C25H28F2N2O3Si/c1-17-13-28-25(29(17)16-32-9-10-33(2,3)4)24(18-5-7-22(26)20(11-18)14-30)19-6-8-23(27)21(12-19)15-31/h5-8,11-15,24H,9-10,16H2,1-4H3. The third kappa shape index (κ3) is 5.88. The molecule has 0 saturated heterocycles. The van der Waals surface area contributed by atoms with Gasteiger partial charge in [-0.1, -0.05) is 31.8 Å². The van der Waals surface area contributed by atoms with Crippen LogP contribution in [0.3, 0.4) is 0 Å². The molecule has 0 N–H and O–H groups in total. The molecule has 0 bridgehead atoms. The van der Waals surface area contributed by atoms with Gasteiger partial charge < -0.3 is 9.30 Å². The summed E-state index contributed by atoms with van der Waals surface area (Å²) in [7, 11) is -1.25. The molecule has 0 fully saturated rings. The molecule has 1 aromatic heterocycles. The summed E-state index contributed by atoms with van der Waals surface area (Å²) in [6.45, 7) is 9.62. The first kappa shape index (κ1) is 24.7. The Balaban J connectivity index is 2.08. The van der Waals surface area contributed by atoms with Gasteiger partial charge in [0.05, 0.1) is 17.0 Å². The minimum Gasteiger partial charge on any atom is -0.361 e. The summed E-state index contributed by atoms with van der Waals surface area (Å²) in [5, 5.41) is 0. The third-order valence-electron chi connectivity index (χ3n) is 5.52. The Morgan fingerprint density at radius 3 is 2.03 bits per heavy atom. The van der Waals surface area contributed by atoms with Crippen LogP contribution in [0.5, 0.6) is 0 Å². The van der Waals surface area contributed by atoms with Crippen LogP contribution in [0.25, 0.3) is 0 Å². The molecule has 0 radical (unpaired) electrons. The molecule has 1 heterocycles. The van der Waals surface area contributed by atoms with Crippen LogP contribution in [0.15, 0.2) is 42.6 Å². The van der Waals surface area contributed by atoms with Gasteiger partial charge >= 0.3 is 0 Å². The Kier molecular flexibility index (Phi) is 7.71. The number of carbonyl (C=O) groups excluding carboxylic acids is 2. The van der Waals surface area contributed by atoms with Crippen LogP contribution in [0, 0.1) is 18.6 Å². The molecule has 3 rings (SSSR count). The number of nitrogens with zero attached hydrogens (tertiary/aromatic N) is 2. The highest BCUT2D eigenvalue weighted by atomic mass is 28.3. The van der Waals surface area contributed by atoms with E-state index in [9.17, 15) is 18.4 Å². The highest BCUT2D eigenvalue weighted by Crippen LogP contribution is 2.33. The van der Waals surface area contributed by atoms with Gasteiger partial charge in [-0.3, -0.25) is 9.59 Å². The van der Waals surface area contributed by atoms with Gasteiger partial charge in [0.25, 0.3) is 0 Å². The van der Waals surface area contributed by atoms with Crippen molar-refractivity contribution < 1.29 is 23.1 Å². The van der Waals surface area contributed by atoms with Crippen molar-refractivity contribution >= 4 is 20.6 Å². The van der Waals surface area contributed by atoms with Crippen LogP contribution < -0.4 is 0 Å². The van der Waals surface area contributed by atoms with E-state index in [2.05, 4.69) is 24.6 Å². The number of aldehydes is 2. The molecular formula is C25H28F2N2O3Si. The smallest absolute Gasteiger partial charge is 0.153 e. The lowest BCUT2D eigenvalue weighted by Crippen LogP contribution is -2.22. The first-order valence-electron chi connectivity index (χ1n) is 10.7. The summed E-state index contributed by atoms with van der Waals surface area (Å²) >= 11 is 0. The van der Waals surface area contributed by atoms with Crippen LogP contribution in [-0.4, -0.2) is 36.8 Å². The van der Waals surface area contributed by atoms with E-state index in [1.807, 2.05) is 11.5 Å². The fourth-order valence-electron chi connectivity index (χ4n) is 3.57. The van der Waals surface area contributed by atoms with E-state index in [1.54, 1.807) is 18.3 Å². The number of hydrogen-bond donors (Lipinski definition) is 0. The van der Waals surface area contributed by atoms with E-state index >= 15 is 0 Å². The van der Waals surface area contributed by atoms with Crippen LogP contribution in [-0.2, 0) is 11.5 Å². The van der Waals surface area contributed by atoms with E-state index in [-0.39, 0.29) is 17.9 Å². The van der Waals surface area contributed by atoms with Gasteiger partial charge in [-0.2, -0.15) is 0 Å². The number of carbonyl (C=O) groups is 2. The molecule has 5 nitrogen and oxygen atoms in total. The maximum atomic E-state index is 14.0. The lowest BCUT2D eigenvalue weighted by atomic mass is 9.88. The van der Waals surface area contributed by atoms with Gasteiger partial charge in [0, 0.05) is 26.6 Å². The predicted molar refractivity (Wildman–Crippen MR) is 126 cm³/mol. The number of benzene rings is 2. The zero-order valence-electron chi connectivity index (χ0n) is 19.3. The van der Waals surface area contributed by atoms with Crippen molar-refractivity contribution in [1.29, 1.82) is 0 Å². The highest BCUT2D eigenvalue weighted by Gasteiger charge is 2.25. The van der Waals surface area contributed by atoms with Crippen molar-refractivity contribution in [3.8, 4) is 0 Å². The molecule has 0 amide bonds. The Hall–Kier alpha value is -2.97. The van der Waals surface area contributed by atoms with Gasteiger partial charge in [0.1, 0.15) is 24.2 Å². The quantitative estimate of drug-likeness (QED) is 0.220.